The number of nitrogen functional groups attached to an aromatic ring is 1. The van der Waals surface area contributed by atoms with Crippen LogP contribution in [0.5, 0.6) is 5.75 Å². The fourth-order valence-corrected chi connectivity index (χ4v) is 3.58. The number of aromatic nitrogens is 4. The molecule has 0 radical (unpaired) electrons. The van der Waals surface area contributed by atoms with Crippen LogP contribution in [0.3, 0.4) is 0 Å². The van der Waals surface area contributed by atoms with Gasteiger partial charge in [-0.15, -0.1) is 11.8 Å². The molecule has 4 rings (SSSR count). The zero-order chi connectivity index (χ0) is 22.7. The van der Waals surface area contributed by atoms with Gasteiger partial charge in [0.1, 0.15) is 34.5 Å². The largest absolute Gasteiger partial charge is 0.497 e. The highest BCUT2D eigenvalue weighted by molar-refractivity contribution is 7.98. The maximum absolute atomic E-state index is 13.3. The molecule has 0 bridgehead atoms. The third-order valence-electron chi connectivity index (χ3n) is 4.54. The quantitative estimate of drug-likeness (QED) is 0.406. The summed E-state index contributed by atoms with van der Waals surface area (Å²) in [5, 5.41) is 11.6. The number of nitrogens with zero attached hydrogens (tertiary/aromatic N) is 4. The summed E-state index contributed by atoms with van der Waals surface area (Å²) < 4.78 is 25.3. The highest BCUT2D eigenvalue weighted by Crippen LogP contribution is 2.35. The molecule has 0 saturated heterocycles. The van der Waals surface area contributed by atoms with Gasteiger partial charge >= 0.3 is 0 Å². The number of anilines is 2. The number of halogens is 1. The van der Waals surface area contributed by atoms with E-state index in [0.717, 1.165) is 5.56 Å². The number of hydrogen-bond acceptors (Lipinski definition) is 8. The number of thioether (sulfide) groups is 1. The van der Waals surface area contributed by atoms with Crippen LogP contribution in [-0.4, -0.2) is 39.2 Å². The van der Waals surface area contributed by atoms with Gasteiger partial charge in [-0.05, 0) is 48.7 Å². The van der Waals surface area contributed by atoms with Crippen LogP contribution in [-0.2, 0) is 11.3 Å². The van der Waals surface area contributed by atoms with Crippen molar-refractivity contribution in [1.82, 2.24) is 19.9 Å². The second-order valence-corrected chi connectivity index (χ2v) is 7.43. The van der Waals surface area contributed by atoms with Crippen molar-refractivity contribution in [2.75, 3.05) is 24.4 Å². The first-order valence-corrected chi connectivity index (χ1v) is 10.6. The Morgan fingerprint density at radius 3 is 2.75 bits per heavy atom. The van der Waals surface area contributed by atoms with Crippen LogP contribution in [0.4, 0.5) is 15.9 Å². The van der Waals surface area contributed by atoms with E-state index in [2.05, 4.69) is 20.6 Å². The second kappa shape index (κ2) is 9.10. The molecule has 0 saturated carbocycles. The first-order valence-electron chi connectivity index (χ1n) is 9.42. The van der Waals surface area contributed by atoms with E-state index in [1.54, 1.807) is 25.3 Å². The fourth-order valence-electron chi connectivity index (χ4n) is 3.00. The van der Waals surface area contributed by atoms with Crippen molar-refractivity contribution in [3.63, 3.8) is 0 Å². The molecule has 164 valence electrons. The summed E-state index contributed by atoms with van der Waals surface area (Å²) in [5.41, 5.74) is 7.80. The molecule has 0 aliphatic carbocycles. The summed E-state index contributed by atoms with van der Waals surface area (Å²) >= 11 is 1.33. The molecule has 0 fully saturated rings. The van der Waals surface area contributed by atoms with Crippen molar-refractivity contribution in [2.45, 2.75) is 11.6 Å². The minimum atomic E-state index is -0.447. The number of nitrogens with two attached hydrogens (primary N) is 1. The third kappa shape index (κ3) is 4.42. The van der Waals surface area contributed by atoms with Crippen LogP contribution < -0.4 is 15.8 Å². The number of nitrogens with one attached hydrogen (secondary N) is 1. The molecule has 2 heterocycles. The lowest BCUT2D eigenvalue weighted by Crippen LogP contribution is -2.20. The molecule has 2 aromatic carbocycles. The summed E-state index contributed by atoms with van der Waals surface area (Å²) in [6.45, 7) is -0.171. The molecule has 2 aromatic heterocycles. The van der Waals surface area contributed by atoms with E-state index in [1.165, 1.54) is 34.6 Å². The van der Waals surface area contributed by atoms with E-state index >= 15 is 0 Å². The van der Waals surface area contributed by atoms with Gasteiger partial charge in [0.05, 0.1) is 7.11 Å². The lowest BCUT2D eigenvalue weighted by atomic mass is 10.2. The Morgan fingerprint density at radius 2 is 2.06 bits per heavy atom. The van der Waals surface area contributed by atoms with E-state index in [-0.39, 0.29) is 18.3 Å². The number of rotatable bonds is 7. The Labute approximate surface area is 186 Å². The molecule has 0 spiro atoms. The van der Waals surface area contributed by atoms with Gasteiger partial charge in [-0.2, -0.15) is 10.1 Å². The van der Waals surface area contributed by atoms with Crippen molar-refractivity contribution in [3.8, 4) is 28.6 Å². The Balaban J connectivity index is 1.57. The molecule has 3 N–H and O–H groups in total. The Hall–Kier alpha value is -3.86. The smallest absolute Gasteiger partial charge is 0.264 e. The first kappa shape index (κ1) is 21.4. The van der Waals surface area contributed by atoms with Crippen LogP contribution in [0.2, 0.25) is 0 Å². The molecule has 0 aliphatic heterocycles. The monoisotopic (exact) mass is 454 g/mol. The van der Waals surface area contributed by atoms with Crippen molar-refractivity contribution in [3.05, 3.63) is 54.3 Å². The van der Waals surface area contributed by atoms with Crippen LogP contribution >= 0.6 is 11.8 Å². The molecule has 0 aliphatic rings. The van der Waals surface area contributed by atoms with Crippen LogP contribution in [0.15, 0.2) is 58.1 Å². The molecular formula is C21H19FN6O3S. The van der Waals surface area contributed by atoms with Crippen molar-refractivity contribution in [1.29, 1.82) is 0 Å². The average molecular weight is 454 g/mol. The molecular weight excluding hydrogens is 435 g/mol. The Bertz CT molecular complexity index is 1250. The maximum atomic E-state index is 13.3. The molecule has 1 amide bonds. The van der Waals surface area contributed by atoms with E-state index in [4.69, 9.17) is 15.0 Å². The predicted molar refractivity (Wildman–Crippen MR) is 119 cm³/mol. The van der Waals surface area contributed by atoms with Crippen molar-refractivity contribution in [2.24, 2.45) is 0 Å². The number of ether oxygens (including phenoxy) is 1. The Morgan fingerprint density at radius 1 is 1.28 bits per heavy atom. The van der Waals surface area contributed by atoms with Crippen molar-refractivity contribution >= 4 is 29.2 Å². The topological polar surface area (TPSA) is 121 Å². The number of carbonyl (C=O) groups is 1. The molecule has 9 nitrogen and oxygen atoms in total. The molecule has 4 aromatic rings. The first-order chi connectivity index (χ1) is 15.5. The van der Waals surface area contributed by atoms with Gasteiger partial charge in [-0.25, -0.2) is 9.07 Å². The van der Waals surface area contributed by atoms with Crippen molar-refractivity contribution < 1.29 is 18.4 Å². The molecule has 32 heavy (non-hydrogen) atoms. The highest BCUT2D eigenvalue weighted by Gasteiger charge is 2.24. The van der Waals surface area contributed by atoms with E-state index in [0.29, 0.717) is 27.9 Å². The number of carbonyl (C=O) groups excluding carboxylic acids is 1. The molecule has 0 atom stereocenters. The lowest BCUT2D eigenvalue weighted by molar-refractivity contribution is -0.116. The van der Waals surface area contributed by atoms with Gasteiger partial charge in [0.2, 0.25) is 11.7 Å². The summed E-state index contributed by atoms with van der Waals surface area (Å²) in [4.78, 5) is 16.9. The number of methoxy groups -OCH3 is 1. The molecule has 11 heteroatoms. The van der Waals surface area contributed by atoms with E-state index < -0.39 is 11.7 Å². The van der Waals surface area contributed by atoms with Crippen LogP contribution in [0, 0.1) is 5.82 Å². The van der Waals surface area contributed by atoms with Crippen LogP contribution in [0.25, 0.3) is 22.8 Å². The van der Waals surface area contributed by atoms with Gasteiger partial charge in [-0.1, -0.05) is 11.2 Å². The second-order valence-electron chi connectivity index (χ2n) is 6.64. The summed E-state index contributed by atoms with van der Waals surface area (Å²) in [7, 11) is 1.59. The Kier molecular flexibility index (Phi) is 6.08. The van der Waals surface area contributed by atoms with Gasteiger partial charge < -0.3 is 20.3 Å². The highest BCUT2D eigenvalue weighted by atomic mass is 32.2. The van der Waals surface area contributed by atoms with E-state index in [9.17, 15) is 9.18 Å². The van der Waals surface area contributed by atoms with Gasteiger partial charge in [-0.3, -0.25) is 4.79 Å². The fraction of sp³-hybridized carbons (Fsp3) is 0.143. The predicted octanol–water partition coefficient (Wildman–Crippen LogP) is 3.69. The zero-order valence-corrected chi connectivity index (χ0v) is 18.0. The lowest BCUT2D eigenvalue weighted by Gasteiger charge is -2.06. The minimum absolute atomic E-state index is 0.171. The summed E-state index contributed by atoms with van der Waals surface area (Å²) in [6, 6.07) is 12.8. The normalized spacial score (nSPS) is 10.8. The standard InChI is InChI=1S/C21H19FN6O3S/c1-30-15-8-6-12(7-9-15)19-25-20(31-27-19)17-18(23)28(26-21(17)32-2)11-16(29)24-14-5-3-4-13(22)10-14/h3-10H,11,23H2,1-2H3,(H,24,29). The SMILES string of the molecule is COc1ccc(-c2noc(-c3c(SC)nn(CC(=O)Nc4cccc(F)c4)c3N)n2)cc1. The van der Waals surface area contributed by atoms with E-state index in [1.807, 2.05) is 18.4 Å². The zero-order valence-electron chi connectivity index (χ0n) is 17.2. The van der Waals surface area contributed by atoms with Gasteiger partial charge in [0.15, 0.2) is 0 Å². The maximum Gasteiger partial charge on any atom is 0.264 e. The van der Waals surface area contributed by atoms with Gasteiger partial charge in [0, 0.05) is 11.3 Å². The minimum Gasteiger partial charge on any atom is -0.497 e. The number of benzene rings is 2. The summed E-state index contributed by atoms with van der Waals surface area (Å²) in [5.74, 6) is 0.629. The van der Waals surface area contributed by atoms with Crippen LogP contribution in [0.1, 0.15) is 0 Å². The number of hydrogen-bond donors (Lipinski definition) is 2. The number of amides is 1. The molecule has 0 unspecified atom stereocenters. The average Bonchev–Trinajstić information content (AvgIpc) is 3.38. The van der Waals surface area contributed by atoms with Gasteiger partial charge in [0.25, 0.3) is 5.89 Å². The third-order valence-corrected chi connectivity index (χ3v) is 5.22. The summed E-state index contributed by atoms with van der Waals surface area (Å²) in [6.07, 6.45) is 1.82.